The molecule has 3 aromatic rings. The highest BCUT2D eigenvalue weighted by Gasteiger charge is 2.06. The molecule has 3 rings (SSSR count). The average molecular weight is 282 g/mol. The molecule has 0 aliphatic rings. The quantitative estimate of drug-likeness (QED) is 0.607. The second kappa shape index (κ2) is 5.10. The van der Waals surface area contributed by atoms with Crippen molar-refractivity contribution < 1.29 is 9.15 Å². The Morgan fingerprint density at radius 3 is 2.45 bits per heavy atom. The number of hydrogen-bond donors (Lipinski definition) is 0. The fraction of sp³-hybridized carbons (Fsp3) is 0.118. The second-order valence-electron chi connectivity index (χ2n) is 4.70. The zero-order valence-electron chi connectivity index (χ0n) is 11.3. The van der Waals surface area contributed by atoms with E-state index in [1.165, 1.54) is 5.56 Å². The summed E-state index contributed by atoms with van der Waals surface area (Å²) in [5.74, 6) is 1.56. The highest BCUT2D eigenvalue weighted by atomic mass is 32.1. The van der Waals surface area contributed by atoms with Gasteiger partial charge in [-0.2, -0.15) is 0 Å². The molecular weight excluding hydrogens is 268 g/mol. The Labute approximate surface area is 122 Å². The van der Waals surface area contributed by atoms with E-state index in [-0.39, 0.29) is 0 Å². The van der Waals surface area contributed by atoms with Crippen LogP contribution < -0.4 is 4.74 Å². The molecule has 3 heteroatoms. The summed E-state index contributed by atoms with van der Waals surface area (Å²) < 4.78 is 11.9. The molecule has 0 N–H and O–H groups in total. The van der Waals surface area contributed by atoms with Gasteiger partial charge in [-0.05, 0) is 25.1 Å². The largest absolute Gasteiger partial charge is 0.497 e. The molecule has 1 aromatic heterocycles. The SMILES string of the molecule is COc1ccc2oc(-c3ccc(C)cc3)cc(=S)c2c1. The number of ether oxygens (including phenoxy) is 1. The maximum absolute atomic E-state index is 5.95. The molecule has 0 unspecified atom stereocenters. The van der Waals surface area contributed by atoms with Gasteiger partial charge < -0.3 is 9.15 Å². The van der Waals surface area contributed by atoms with E-state index in [1.807, 2.05) is 36.4 Å². The molecule has 0 radical (unpaired) electrons. The molecule has 0 aliphatic carbocycles. The van der Waals surface area contributed by atoms with Gasteiger partial charge >= 0.3 is 0 Å². The van der Waals surface area contributed by atoms with Crippen LogP contribution in [0.5, 0.6) is 5.75 Å². The van der Waals surface area contributed by atoms with Gasteiger partial charge in [0, 0.05) is 17.0 Å². The molecule has 2 aromatic carbocycles. The van der Waals surface area contributed by atoms with Gasteiger partial charge in [-0.25, -0.2) is 0 Å². The maximum Gasteiger partial charge on any atom is 0.136 e. The molecule has 0 aliphatic heterocycles. The first-order chi connectivity index (χ1) is 9.67. The number of rotatable bonds is 2. The molecule has 100 valence electrons. The Hall–Kier alpha value is -2.13. The summed E-state index contributed by atoms with van der Waals surface area (Å²) in [6, 6.07) is 15.8. The van der Waals surface area contributed by atoms with Gasteiger partial charge in [0.25, 0.3) is 0 Å². The van der Waals surface area contributed by atoms with Crippen LogP contribution in [-0.2, 0) is 0 Å². The van der Waals surface area contributed by atoms with E-state index >= 15 is 0 Å². The molecule has 0 fully saturated rings. The van der Waals surface area contributed by atoms with Crippen LogP contribution in [0.3, 0.4) is 0 Å². The van der Waals surface area contributed by atoms with Crippen LogP contribution in [0, 0.1) is 11.4 Å². The smallest absolute Gasteiger partial charge is 0.136 e. The fourth-order valence-corrected chi connectivity index (χ4v) is 2.39. The summed E-state index contributed by atoms with van der Waals surface area (Å²) in [7, 11) is 1.64. The van der Waals surface area contributed by atoms with E-state index in [1.54, 1.807) is 7.11 Å². The van der Waals surface area contributed by atoms with Crippen LogP contribution in [0.15, 0.2) is 52.9 Å². The summed E-state index contributed by atoms with van der Waals surface area (Å²) >= 11 is 5.46. The molecule has 20 heavy (non-hydrogen) atoms. The van der Waals surface area contributed by atoms with Gasteiger partial charge in [-0.15, -0.1) is 0 Å². The first-order valence-electron chi connectivity index (χ1n) is 6.36. The minimum atomic E-state index is 0.765. The predicted octanol–water partition coefficient (Wildman–Crippen LogP) is 5.15. The highest BCUT2D eigenvalue weighted by Crippen LogP contribution is 2.28. The Morgan fingerprint density at radius 1 is 1.00 bits per heavy atom. The van der Waals surface area contributed by atoms with Gasteiger partial charge in [-0.3, -0.25) is 0 Å². The minimum Gasteiger partial charge on any atom is -0.497 e. The van der Waals surface area contributed by atoms with Gasteiger partial charge in [0.1, 0.15) is 17.1 Å². The summed E-state index contributed by atoms with van der Waals surface area (Å²) in [5.41, 5.74) is 3.02. The number of benzene rings is 2. The Balaban J connectivity index is 2.19. The van der Waals surface area contributed by atoms with Crippen LogP contribution >= 0.6 is 12.2 Å². The highest BCUT2D eigenvalue weighted by molar-refractivity contribution is 7.71. The van der Waals surface area contributed by atoms with E-state index in [9.17, 15) is 0 Å². The van der Waals surface area contributed by atoms with Gasteiger partial charge in [-0.1, -0.05) is 42.0 Å². The third-order valence-corrected chi connectivity index (χ3v) is 3.61. The lowest BCUT2D eigenvalue weighted by Crippen LogP contribution is -1.85. The average Bonchev–Trinajstić information content (AvgIpc) is 2.47. The van der Waals surface area contributed by atoms with Crippen molar-refractivity contribution in [3.05, 3.63) is 58.6 Å². The van der Waals surface area contributed by atoms with Crippen molar-refractivity contribution in [3.8, 4) is 17.1 Å². The van der Waals surface area contributed by atoms with Crippen molar-refractivity contribution in [2.75, 3.05) is 7.11 Å². The lowest BCUT2D eigenvalue weighted by Gasteiger charge is -2.06. The molecule has 0 saturated carbocycles. The van der Waals surface area contributed by atoms with Crippen molar-refractivity contribution >= 4 is 23.2 Å². The van der Waals surface area contributed by atoms with Gasteiger partial charge in [0.05, 0.1) is 11.6 Å². The van der Waals surface area contributed by atoms with Crippen LogP contribution in [0.1, 0.15) is 5.56 Å². The van der Waals surface area contributed by atoms with Crippen LogP contribution in [0.4, 0.5) is 0 Å². The fourth-order valence-electron chi connectivity index (χ4n) is 2.12. The third kappa shape index (κ3) is 2.32. The van der Waals surface area contributed by atoms with E-state index < -0.39 is 0 Å². The molecule has 2 nitrogen and oxygen atoms in total. The van der Waals surface area contributed by atoms with Crippen LogP contribution in [0.25, 0.3) is 22.3 Å². The number of hydrogen-bond acceptors (Lipinski definition) is 3. The molecule has 0 amide bonds. The van der Waals surface area contributed by atoms with Crippen molar-refractivity contribution in [2.45, 2.75) is 6.92 Å². The number of methoxy groups -OCH3 is 1. The lowest BCUT2D eigenvalue weighted by atomic mass is 10.1. The predicted molar refractivity (Wildman–Crippen MR) is 83.8 cm³/mol. The van der Waals surface area contributed by atoms with Crippen LogP contribution in [-0.4, -0.2) is 7.11 Å². The monoisotopic (exact) mass is 282 g/mol. The third-order valence-electron chi connectivity index (χ3n) is 3.27. The molecular formula is C17H14O2S. The maximum atomic E-state index is 5.95. The summed E-state index contributed by atoms with van der Waals surface area (Å²) in [4.78, 5) is 0. The van der Waals surface area contributed by atoms with E-state index in [0.29, 0.717) is 0 Å². The lowest BCUT2D eigenvalue weighted by molar-refractivity contribution is 0.415. The summed E-state index contributed by atoms with van der Waals surface area (Å²) in [6.45, 7) is 2.06. The van der Waals surface area contributed by atoms with E-state index in [4.69, 9.17) is 21.4 Å². The van der Waals surface area contributed by atoms with Gasteiger partial charge in [0.15, 0.2) is 0 Å². The van der Waals surface area contributed by atoms with Gasteiger partial charge in [0.2, 0.25) is 0 Å². The zero-order chi connectivity index (χ0) is 14.1. The Morgan fingerprint density at radius 2 is 1.75 bits per heavy atom. The first kappa shape index (κ1) is 12.9. The topological polar surface area (TPSA) is 22.4 Å². The molecule has 0 spiro atoms. The Kier molecular flexibility index (Phi) is 3.28. The number of aryl methyl sites for hydroxylation is 1. The normalized spacial score (nSPS) is 10.7. The first-order valence-corrected chi connectivity index (χ1v) is 6.77. The second-order valence-corrected chi connectivity index (χ2v) is 5.14. The zero-order valence-corrected chi connectivity index (χ0v) is 12.2. The van der Waals surface area contributed by atoms with Crippen LogP contribution in [0.2, 0.25) is 0 Å². The molecule has 0 bridgehead atoms. The molecule has 1 heterocycles. The van der Waals surface area contributed by atoms with Crippen molar-refractivity contribution in [3.63, 3.8) is 0 Å². The van der Waals surface area contributed by atoms with E-state index in [0.717, 1.165) is 32.6 Å². The minimum absolute atomic E-state index is 0.765. The Bertz CT molecular complexity index is 817. The van der Waals surface area contributed by atoms with Crippen molar-refractivity contribution in [1.29, 1.82) is 0 Å². The van der Waals surface area contributed by atoms with Crippen molar-refractivity contribution in [1.82, 2.24) is 0 Å². The van der Waals surface area contributed by atoms with Crippen molar-refractivity contribution in [2.24, 2.45) is 0 Å². The number of fused-ring (bicyclic) bond motifs is 1. The molecule has 0 saturated heterocycles. The van der Waals surface area contributed by atoms with E-state index in [2.05, 4.69) is 19.1 Å². The molecule has 0 atom stereocenters. The standard InChI is InChI=1S/C17H14O2S/c1-11-3-5-12(6-4-11)16-10-17(20)14-9-13(18-2)7-8-15(14)19-16/h3-10H,1-2H3. The summed E-state index contributed by atoms with van der Waals surface area (Å²) in [6.07, 6.45) is 0. The summed E-state index contributed by atoms with van der Waals surface area (Å²) in [5, 5.41) is 0.898.